The lowest BCUT2D eigenvalue weighted by atomic mass is 9.87. The Morgan fingerprint density at radius 3 is 2.12 bits per heavy atom. The van der Waals surface area contributed by atoms with E-state index in [1.165, 1.54) is 55.3 Å². The molecule has 1 unspecified atom stereocenters. The van der Waals surface area contributed by atoms with Crippen LogP contribution >= 0.6 is 0 Å². The first-order valence-corrected chi connectivity index (χ1v) is 16.5. The minimum Gasteiger partial charge on any atom is -0.254 e. The van der Waals surface area contributed by atoms with Gasteiger partial charge in [-0.25, -0.2) is 4.98 Å². The van der Waals surface area contributed by atoms with E-state index in [-0.39, 0.29) is 5.92 Å². The summed E-state index contributed by atoms with van der Waals surface area (Å²) in [5.74, 6) is 0.0795. The zero-order valence-corrected chi connectivity index (χ0v) is 26.5. The largest absolute Gasteiger partial charge is 0.254 e. The van der Waals surface area contributed by atoms with E-state index >= 15 is 0 Å². The van der Waals surface area contributed by atoms with Crippen LogP contribution in [0.15, 0.2) is 176 Å². The van der Waals surface area contributed by atoms with Gasteiger partial charge in [0.1, 0.15) is 0 Å². The molecule has 2 heterocycles. The maximum absolute atomic E-state index is 5.06. The average molecular weight is 613 g/mol. The van der Waals surface area contributed by atoms with Gasteiger partial charge in [0.2, 0.25) is 0 Å². The van der Waals surface area contributed by atoms with Crippen molar-refractivity contribution in [3.63, 3.8) is 0 Å². The second-order valence-corrected chi connectivity index (χ2v) is 12.7. The van der Waals surface area contributed by atoms with Crippen LogP contribution in [0.5, 0.6) is 0 Å². The van der Waals surface area contributed by atoms with Gasteiger partial charge >= 0.3 is 0 Å². The summed E-state index contributed by atoms with van der Waals surface area (Å²) in [4.78, 5) is 9.69. The first-order chi connectivity index (χ1) is 23.7. The minimum absolute atomic E-state index is 0.0795. The fourth-order valence-electron chi connectivity index (χ4n) is 7.32. The summed E-state index contributed by atoms with van der Waals surface area (Å²) < 4.78 is 0. The van der Waals surface area contributed by atoms with E-state index in [9.17, 15) is 0 Å². The zero-order valence-electron chi connectivity index (χ0n) is 26.5. The maximum atomic E-state index is 5.06. The van der Waals surface area contributed by atoms with Gasteiger partial charge in [-0.1, -0.05) is 158 Å². The number of aromatic nitrogens is 2. The number of benzene rings is 6. The summed E-state index contributed by atoms with van der Waals surface area (Å²) in [6.45, 7) is 4.67. The second kappa shape index (κ2) is 11.6. The van der Waals surface area contributed by atoms with Gasteiger partial charge in [-0.15, -0.1) is 0 Å². The maximum Gasteiger partial charge on any atom is 0.0972 e. The van der Waals surface area contributed by atoms with Gasteiger partial charge in [-0.2, -0.15) is 0 Å². The third-order valence-corrected chi connectivity index (χ3v) is 9.75. The van der Waals surface area contributed by atoms with Crippen LogP contribution in [-0.4, -0.2) is 9.97 Å². The molecule has 0 radical (unpaired) electrons. The Hall–Kier alpha value is -6.12. The van der Waals surface area contributed by atoms with Crippen molar-refractivity contribution in [1.29, 1.82) is 0 Å². The summed E-state index contributed by atoms with van der Waals surface area (Å²) >= 11 is 0. The molecule has 0 N–H and O–H groups in total. The van der Waals surface area contributed by atoms with Gasteiger partial charge in [0.15, 0.2) is 0 Å². The lowest BCUT2D eigenvalue weighted by Gasteiger charge is -2.17. The molecule has 2 heteroatoms. The van der Waals surface area contributed by atoms with Crippen molar-refractivity contribution < 1.29 is 0 Å². The molecule has 48 heavy (non-hydrogen) atoms. The molecule has 0 aliphatic heterocycles. The van der Waals surface area contributed by atoms with E-state index in [2.05, 4.69) is 163 Å². The molecule has 1 atom stereocenters. The van der Waals surface area contributed by atoms with Gasteiger partial charge in [0.05, 0.1) is 16.7 Å². The molecule has 6 aromatic carbocycles. The van der Waals surface area contributed by atoms with Gasteiger partial charge < -0.3 is 0 Å². The van der Waals surface area contributed by atoms with Crippen molar-refractivity contribution in [2.75, 3.05) is 0 Å². The van der Waals surface area contributed by atoms with Gasteiger partial charge in [-0.05, 0) is 68.3 Å². The Morgan fingerprint density at radius 2 is 1.25 bits per heavy atom. The Labute approximate surface area is 280 Å². The summed E-state index contributed by atoms with van der Waals surface area (Å²) in [6, 6.07) is 54.3. The Balaban J connectivity index is 1.10. The second-order valence-electron chi connectivity index (χ2n) is 12.7. The normalized spacial score (nSPS) is 14.5. The van der Waals surface area contributed by atoms with Crippen molar-refractivity contribution in [3.8, 4) is 22.4 Å². The molecule has 1 aliphatic carbocycles. The van der Waals surface area contributed by atoms with Crippen LogP contribution in [-0.2, 0) is 6.42 Å². The molecular weight excluding hydrogens is 581 g/mol. The standard InChI is InChI=1S/C46H32N2/c1-30-27-39-23-18-33-11-5-6-15-40(33)44(39)42(32-9-3-2-4-10-32)29-41(30)38-13-7-12-37(28-38)31-16-19-34(20-17-31)43-25-24-36-22-21-35-14-8-26-47-45(35)46(36)48-43/h2-26,28-29,41H,1,27H2. The van der Waals surface area contributed by atoms with E-state index in [1.54, 1.807) is 0 Å². The molecular formula is C46H32N2. The van der Waals surface area contributed by atoms with Crippen LogP contribution in [0.25, 0.3) is 60.5 Å². The van der Waals surface area contributed by atoms with Crippen LogP contribution in [0.2, 0.25) is 0 Å². The Kier molecular flexibility index (Phi) is 6.80. The van der Waals surface area contributed by atoms with Crippen LogP contribution < -0.4 is 0 Å². The quantitative estimate of drug-likeness (QED) is 0.146. The van der Waals surface area contributed by atoms with Crippen molar-refractivity contribution in [2.24, 2.45) is 0 Å². The third kappa shape index (κ3) is 4.90. The van der Waals surface area contributed by atoms with Crippen LogP contribution in [0, 0.1) is 0 Å². The zero-order chi connectivity index (χ0) is 32.0. The van der Waals surface area contributed by atoms with E-state index in [4.69, 9.17) is 4.98 Å². The number of hydrogen-bond acceptors (Lipinski definition) is 2. The van der Waals surface area contributed by atoms with Crippen molar-refractivity contribution in [1.82, 2.24) is 9.97 Å². The molecule has 0 saturated carbocycles. The number of allylic oxidation sites excluding steroid dienone is 2. The molecule has 1 aliphatic rings. The SMILES string of the molecule is C=C1Cc2ccc3ccccc3c2C(c2ccccc2)=CC1c1cccc(-c2ccc(-c3ccc4ccc5cccnc5c4n3)cc2)c1. The first-order valence-electron chi connectivity index (χ1n) is 16.5. The lowest BCUT2D eigenvalue weighted by molar-refractivity contribution is 0.947. The number of hydrogen-bond donors (Lipinski definition) is 0. The monoisotopic (exact) mass is 612 g/mol. The highest BCUT2D eigenvalue weighted by molar-refractivity contribution is 6.03. The number of rotatable bonds is 4. The fraction of sp³-hybridized carbons (Fsp3) is 0.0435. The molecule has 2 nitrogen and oxygen atoms in total. The highest BCUT2D eigenvalue weighted by Gasteiger charge is 2.24. The van der Waals surface area contributed by atoms with Crippen LogP contribution in [0.4, 0.5) is 0 Å². The summed E-state index contributed by atoms with van der Waals surface area (Å²) in [6.07, 6.45) is 5.12. The molecule has 9 rings (SSSR count). The van der Waals surface area contributed by atoms with Gasteiger partial charge in [0, 0.05) is 28.5 Å². The van der Waals surface area contributed by atoms with Crippen LogP contribution in [0.1, 0.15) is 28.2 Å². The highest BCUT2D eigenvalue weighted by Crippen LogP contribution is 2.42. The van der Waals surface area contributed by atoms with Crippen molar-refractivity contribution in [3.05, 3.63) is 198 Å². The summed E-state index contributed by atoms with van der Waals surface area (Å²) in [7, 11) is 0. The molecule has 0 saturated heterocycles. The first kappa shape index (κ1) is 28.1. The van der Waals surface area contributed by atoms with Gasteiger partial charge in [0.25, 0.3) is 0 Å². The average Bonchev–Trinajstić information content (AvgIpc) is 3.31. The van der Waals surface area contributed by atoms with E-state index in [1.807, 2.05) is 12.3 Å². The predicted molar refractivity (Wildman–Crippen MR) is 201 cm³/mol. The fourth-order valence-corrected chi connectivity index (χ4v) is 7.32. The molecule has 0 spiro atoms. The van der Waals surface area contributed by atoms with E-state index in [0.717, 1.165) is 39.5 Å². The van der Waals surface area contributed by atoms with Crippen molar-refractivity contribution in [2.45, 2.75) is 12.3 Å². The molecule has 2 aromatic heterocycles. The van der Waals surface area contributed by atoms with E-state index in [0.29, 0.717) is 0 Å². The molecule has 0 bridgehead atoms. The van der Waals surface area contributed by atoms with E-state index < -0.39 is 0 Å². The molecule has 8 aromatic rings. The molecule has 0 fully saturated rings. The Morgan fingerprint density at radius 1 is 0.542 bits per heavy atom. The highest BCUT2D eigenvalue weighted by atomic mass is 14.7. The summed E-state index contributed by atoms with van der Waals surface area (Å²) in [5.41, 5.74) is 13.9. The molecule has 0 amide bonds. The minimum atomic E-state index is 0.0795. The Bertz CT molecular complexity index is 2540. The number of nitrogens with zero attached hydrogens (tertiary/aromatic N) is 2. The topological polar surface area (TPSA) is 25.8 Å². The summed E-state index contributed by atoms with van der Waals surface area (Å²) in [5, 5.41) is 4.75. The third-order valence-electron chi connectivity index (χ3n) is 9.75. The van der Waals surface area contributed by atoms with Crippen molar-refractivity contribution >= 4 is 38.2 Å². The van der Waals surface area contributed by atoms with Gasteiger partial charge in [-0.3, -0.25) is 4.98 Å². The van der Waals surface area contributed by atoms with Crippen LogP contribution in [0.3, 0.4) is 0 Å². The predicted octanol–water partition coefficient (Wildman–Crippen LogP) is 11.6. The number of pyridine rings is 2. The molecule has 226 valence electrons. The smallest absolute Gasteiger partial charge is 0.0972 e. The number of fused-ring (bicyclic) bond motifs is 6. The lowest BCUT2D eigenvalue weighted by Crippen LogP contribution is -2.01.